The minimum atomic E-state index is 0.0973. The molecule has 0 saturated heterocycles. The number of methoxy groups -OCH3 is 2. The molecule has 0 unspecified atom stereocenters. The number of rotatable bonds is 5. The van der Waals surface area contributed by atoms with Gasteiger partial charge in [-0.1, -0.05) is 0 Å². The summed E-state index contributed by atoms with van der Waals surface area (Å²) in [5.74, 6) is 2.15. The Morgan fingerprint density at radius 2 is 1.90 bits per heavy atom. The van der Waals surface area contributed by atoms with Gasteiger partial charge in [0.25, 0.3) is 0 Å². The number of Topliss-reactive ketones (excluding diaryl/α,β-unsaturated/α-hetero) is 1. The van der Waals surface area contributed by atoms with Crippen molar-refractivity contribution in [1.82, 2.24) is 0 Å². The molecule has 20 heavy (non-hydrogen) atoms. The third-order valence-corrected chi connectivity index (χ3v) is 4.23. The highest BCUT2D eigenvalue weighted by molar-refractivity contribution is 6.00. The van der Waals surface area contributed by atoms with Crippen LogP contribution in [-0.2, 0) is 0 Å². The first-order valence-corrected chi connectivity index (χ1v) is 7.16. The van der Waals surface area contributed by atoms with Gasteiger partial charge in [0.1, 0.15) is 11.5 Å². The molecule has 1 aromatic rings. The molecule has 110 valence electrons. The van der Waals surface area contributed by atoms with Crippen LogP contribution in [0.1, 0.15) is 36.0 Å². The summed E-state index contributed by atoms with van der Waals surface area (Å²) in [6, 6.07) is 5.37. The Morgan fingerprint density at radius 3 is 2.45 bits per heavy atom. The van der Waals surface area contributed by atoms with E-state index in [0.717, 1.165) is 32.2 Å². The largest absolute Gasteiger partial charge is 0.497 e. The van der Waals surface area contributed by atoms with Gasteiger partial charge in [-0.05, 0) is 50.3 Å². The minimum absolute atomic E-state index is 0.0973. The molecule has 0 bridgehead atoms. The number of ketones is 1. The van der Waals surface area contributed by atoms with Crippen LogP contribution in [0, 0.1) is 11.8 Å². The fourth-order valence-electron chi connectivity index (χ4n) is 2.88. The van der Waals surface area contributed by atoms with Crippen molar-refractivity contribution < 1.29 is 14.3 Å². The number of nitrogens with two attached hydrogens (primary N) is 1. The van der Waals surface area contributed by atoms with Crippen molar-refractivity contribution in [2.24, 2.45) is 17.6 Å². The number of benzene rings is 1. The van der Waals surface area contributed by atoms with Crippen LogP contribution < -0.4 is 15.2 Å². The maximum atomic E-state index is 12.6. The van der Waals surface area contributed by atoms with Crippen LogP contribution in [0.3, 0.4) is 0 Å². The lowest BCUT2D eigenvalue weighted by Crippen LogP contribution is -2.26. The zero-order chi connectivity index (χ0) is 14.5. The minimum Gasteiger partial charge on any atom is -0.497 e. The average molecular weight is 277 g/mol. The number of hydrogen-bond acceptors (Lipinski definition) is 4. The first-order valence-electron chi connectivity index (χ1n) is 7.16. The van der Waals surface area contributed by atoms with Crippen LogP contribution in [0.5, 0.6) is 11.5 Å². The number of hydrogen-bond donors (Lipinski definition) is 1. The monoisotopic (exact) mass is 277 g/mol. The Hall–Kier alpha value is -1.55. The molecule has 0 radical (unpaired) electrons. The Kier molecular flexibility index (Phi) is 5.01. The van der Waals surface area contributed by atoms with E-state index in [-0.39, 0.29) is 11.7 Å². The molecule has 1 saturated carbocycles. The first-order chi connectivity index (χ1) is 9.69. The van der Waals surface area contributed by atoms with Crippen LogP contribution >= 0.6 is 0 Å². The van der Waals surface area contributed by atoms with Crippen LogP contribution in [0.2, 0.25) is 0 Å². The Bertz CT molecular complexity index is 465. The topological polar surface area (TPSA) is 61.5 Å². The summed E-state index contributed by atoms with van der Waals surface area (Å²) in [6.07, 6.45) is 3.95. The zero-order valence-corrected chi connectivity index (χ0v) is 12.2. The van der Waals surface area contributed by atoms with Gasteiger partial charge < -0.3 is 15.2 Å². The lowest BCUT2D eigenvalue weighted by molar-refractivity contribution is 0.0870. The molecule has 4 heteroatoms. The van der Waals surface area contributed by atoms with E-state index >= 15 is 0 Å². The predicted molar refractivity (Wildman–Crippen MR) is 78.4 cm³/mol. The molecule has 1 aromatic carbocycles. The highest BCUT2D eigenvalue weighted by atomic mass is 16.5. The Balaban J connectivity index is 2.13. The highest BCUT2D eigenvalue weighted by Gasteiger charge is 2.28. The molecule has 0 heterocycles. The van der Waals surface area contributed by atoms with E-state index in [1.165, 1.54) is 0 Å². The van der Waals surface area contributed by atoms with E-state index in [1.54, 1.807) is 32.4 Å². The third-order valence-electron chi connectivity index (χ3n) is 4.23. The summed E-state index contributed by atoms with van der Waals surface area (Å²) in [6.45, 7) is 0.729. The second kappa shape index (κ2) is 6.75. The van der Waals surface area contributed by atoms with Crippen molar-refractivity contribution in [3.8, 4) is 11.5 Å². The van der Waals surface area contributed by atoms with Crippen LogP contribution in [0.25, 0.3) is 0 Å². The third kappa shape index (κ3) is 3.12. The molecule has 2 rings (SSSR count). The molecule has 0 spiro atoms. The van der Waals surface area contributed by atoms with E-state index in [2.05, 4.69) is 0 Å². The van der Waals surface area contributed by atoms with Gasteiger partial charge in [0.05, 0.1) is 19.8 Å². The molecule has 4 nitrogen and oxygen atoms in total. The van der Waals surface area contributed by atoms with E-state index in [9.17, 15) is 4.79 Å². The van der Waals surface area contributed by atoms with Gasteiger partial charge in [0.15, 0.2) is 5.78 Å². The fourth-order valence-corrected chi connectivity index (χ4v) is 2.88. The van der Waals surface area contributed by atoms with Crippen LogP contribution in [0.15, 0.2) is 18.2 Å². The molecule has 1 fully saturated rings. The maximum Gasteiger partial charge on any atom is 0.169 e. The predicted octanol–water partition coefficient (Wildman–Crippen LogP) is 2.65. The summed E-state index contributed by atoms with van der Waals surface area (Å²) >= 11 is 0. The first kappa shape index (κ1) is 14.9. The van der Waals surface area contributed by atoms with E-state index in [1.807, 2.05) is 0 Å². The second-order valence-electron chi connectivity index (χ2n) is 5.38. The van der Waals surface area contributed by atoms with E-state index in [4.69, 9.17) is 15.2 Å². The molecule has 0 amide bonds. The van der Waals surface area contributed by atoms with Gasteiger partial charge in [-0.15, -0.1) is 0 Å². The highest BCUT2D eigenvalue weighted by Crippen LogP contribution is 2.33. The molecule has 1 aliphatic carbocycles. The van der Waals surface area contributed by atoms with Crippen molar-refractivity contribution in [3.63, 3.8) is 0 Å². The zero-order valence-electron chi connectivity index (χ0n) is 12.2. The molecule has 0 atom stereocenters. The smallest absolute Gasteiger partial charge is 0.169 e. The Labute approximate surface area is 120 Å². The lowest BCUT2D eigenvalue weighted by Gasteiger charge is -2.27. The second-order valence-corrected chi connectivity index (χ2v) is 5.38. The van der Waals surface area contributed by atoms with Crippen molar-refractivity contribution in [3.05, 3.63) is 23.8 Å². The van der Waals surface area contributed by atoms with Crippen molar-refractivity contribution in [2.75, 3.05) is 20.8 Å². The summed E-state index contributed by atoms with van der Waals surface area (Å²) in [5, 5.41) is 0. The molecular weight excluding hydrogens is 254 g/mol. The quantitative estimate of drug-likeness (QED) is 0.840. The number of carbonyl (C=O) groups is 1. The van der Waals surface area contributed by atoms with Gasteiger partial charge in [0.2, 0.25) is 0 Å². The van der Waals surface area contributed by atoms with Gasteiger partial charge in [-0.25, -0.2) is 0 Å². The maximum absolute atomic E-state index is 12.6. The van der Waals surface area contributed by atoms with Crippen LogP contribution in [-0.4, -0.2) is 26.5 Å². The summed E-state index contributed by atoms with van der Waals surface area (Å²) in [4.78, 5) is 12.6. The molecule has 0 aliphatic heterocycles. The van der Waals surface area contributed by atoms with Crippen molar-refractivity contribution >= 4 is 5.78 Å². The molecule has 0 aromatic heterocycles. The standard InChI is InChI=1S/C16H23NO3/c1-19-13-7-8-14(15(9-13)20-2)16(18)12-5-3-11(10-17)4-6-12/h7-9,11-12H,3-6,10,17H2,1-2H3. The fraction of sp³-hybridized carbons (Fsp3) is 0.562. The van der Waals surface area contributed by atoms with Crippen LogP contribution in [0.4, 0.5) is 0 Å². The lowest BCUT2D eigenvalue weighted by atomic mass is 9.78. The van der Waals surface area contributed by atoms with E-state index < -0.39 is 0 Å². The Morgan fingerprint density at radius 1 is 1.20 bits per heavy atom. The van der Waals surface area contributed by atoms with Crippen molar-refractivity contribution in [2.45, 2.75) is 25.7 Å². The SMILES string of the molecule is COc1ccc(C(=O)C2CCC(CN)CC2)c(OC)c1. The number of carbonyl (C=O) groups excluding carboxylic acids is 1. The van der Waals surface area contributed by atoms with Crippen molar-refractivity contribution in [1.29, 1.82) is 0 Å². The average Bonchev–Trinajstić information content (AvgIpc) is 2.53. The summed E-state index contributed by atoms with van der Waals surface area (Å²) in [7, 11) is 3.18. The molecule has 2 N–H and O–H groups in total. The van der Waals surface area contributed by atoms with Gasteiger partial charge >= 0.3 is 0 Å². The van der Waals surface area contributed by atoms with Gasteiger partial charge in [-0.2, -0.15) is 0 Å². The number of ether oxygens (including phenoxy) is 2. The molecular formula is C16H23NO3. The summed E-state index contributed by atoms with van der Waals surface area (Å²) < 4.78 is 10.5. The van der Waals surface area contributed by atoms with E-state index in [0.29, 0.717) is 23.0 Å². The summed E-state index contributed by atoms with van der Waals surface area (Å²) in [5.41, 5.74) is 6.35. The van der Waals surface area contributed by atoms with Gasteiger partial charge in [0, 0.05) is 12.0 Å². The normalized spacial score (nSPS) is 22.4. The molecule has 1 aliphatic rings. The van der Waals surface area contributed by atoms with Gasteiger partial charge in [-0.3, -0.25) is 4.79 Å².